The molecule has 1 unspecified atom stereocenters. The second-order valence-corrected chi connectivity index (χ2v) is 6.39. The maximum Gasteiger partial charge on any atom is 0.229 e. The molecule has 1 aromatic rings. The van der Waals surface area contributed by atoms with Gasteiger partial charge in [0.05, 0.1) is 12.5 Å². The van der Waals surface area contributed by atoms with E-state index in [0.717, 1.165) is 30.0 Å². The van der Waals surface area contributed by atoms with E-state index in [-0.39, 0.29) is 24.2 Å². The molecule has 1 aromatic carbocycles. The summed E-state index contributed by atoms with van der Waals surface area (Å²) in [4.78, 5) is 28.5. The predicted molar refractivity (Wildman–Crippen MR) is 99.9 cm³/mol. The van der Waals surface area contributed by atoms with Crippen molar-refractivity contribution >= 4 is 23.2 Å². The van der Waals surface area contributed by atoms with Gasteiger partial charge in [-0.2, -0.15) is 0 Å². The monoisotopic (exact) mass is 347 g/mol. The maximum absolute atomic E-state index is 12.5. The Morgan fingerprint density at radius 3 is 2.68 bits per heavy atom. The lowest BCUT2D eigenvalue weighted by molar-refractivity contribution is -0.128. The van der Waals surface area contributed by atoms with Gasteiger partial charge in [-0.25, -0.2) is 0 Å². The number of hydrogen-bond donors (Lipinski definition) is 1. The van der Waals surface area contributed by atoms with E-state index in [0.29, 0.717) is 19.7 Å². The van der Waals surface area contributed by atoms with Crippen molar-refractivity contribution in [2.75, 3.05) is 50.1 Å². The van der Waals surface area contributed by atoms with Crippen LogP contribution in [0.2, 0.25) is 0 Å². The number of carbonyl (C=O) groups is 2. The molecule has 0 bridgehead atoms. The van der Waals surface area contributed by atoms with E-state index in [2.05, 4.69) is 30.1 Å². The van der Waals surface area contributed by atoms with Crippen molar-refractivity contribution in [2.24, 2.45) is 5.92 Å². The summed E-state index contributed by atoms with van der Waals surface area (Å²) in [7, 11) is 1.61. The highest BCUT2D eigenvalue weighted by Crippen LogP contribution is 2.25. The standard InChI is InChI=1S/C19H29N3O3/c1-5-21(6-2)16-7-8-17(14(3)11-16)20-19(24)15-12-18(23)22(13-15)9-10-25-4/h7-8,11,15H,5-6,9-10,12-13H2,1-4H3,(H,20,24). The second kappa shape index (κ2) is 8.85. The smallest absolute Gasteiger partial charge is 0.229 e. The van der Waals surface area contributed by atoms with Crippen LogP contribution in [0.25, 0.3) is 0 Å². The van der Waals surface area contributed by atoms with Gasteiger partial charge in [0.25, 0.3) is 0 Å². The van der Waals surface area contributed by atoms with E-state index in [4.69, 9.17) is 4.74 Å². The molecule has 0 aliphatic carbocycles. The van der Waals surface area contributed by atoms with Crippen LogP contribution in [0.15, 0.2) is 18.2 Å². The maximum atomic E-state index is 12.5. The Morgan fingerprint density at radius 1 is 1.36 bits per heavy atom. The van der Waals surface area contributed by atoms with Gasteiger partial charge in [0, 0.05) is 51.1 Å². The summed E-state index contributed by atoms with van der Waals surface area (Å²) >= 11 is 0. The first-order chi connectivity index (χ1) is 12.0. The largest absolute Gasteiger partial charge is 0.383 e. The predicted octanol–water partition coefficient (Wildman–Crippen LogP) is 2.27. The van der Waals surface area contributed by atoms with Gasteiger partial charge in [0.2, 0.25) is 11.8 Å². The van der Waals surface area contributed by atoms with Gasteiger partial charge in [0.1, 0.15) is 0 Å². The molecule has 6 nitrogen and oxygen atoms in total. The van der Waals surface area contributed by atoms with Crippen molar-refractivity contribution in [1.29, 1.82) is 0 Å². The van der Waals surface area contributed by atoms with Crippen molar-refractivity contribution in [3.05, 3.63) is 23.8 Å². The third-order valence-corrected chi connectivity index (χ3v) is 4.75. The average Bonchev–Trinajstić information content (AvgIpc) is 2.97. The van der Waals surface area contributed by atoms with Crippen molar-refractivity contribution < 1.29 is 14.3 Å². The molecule has 1 atom stereocenters. The molecule has 1 saturated heterocycles. The van der Waals surface area contributed by atoms with Gasteiger partial charge in [-0.05, 0) is 44.5 Å². The minimum atomic E-state index is -0.300. The van der Waals surface area contributed by atoms with Gasteiger partial charge < -0.3 is 19.9 Å². The van der Waals surface area contributed by atoms with Crippen LogP contribution in [0.1, 0.15) is 25.8 Å². The number of rotatable bonds is 8. The first-order valence-corrected chi connectivity index (χ1v) is 8.93. The van der Waals surface area contributed by atoms with Crippen LogP contribution in [0.5, 0.6) is 0 Å². The van der Waals surface area contributed by atoms with E-state index in [1.165, 1.54) is 0 Å². The zero-order chi connectivity index (χ0) is 18.4. The Morgan fingerprint density at radius 2 is 2.08 bits per heavy atom. The lowest BCUT2D eigenvalue weighted by Gasteiger charge is -2.22. The molecule has 1 N–H and O–H groups in total. The number of aryl methyl sites for hydroxylation is 1. The molecule has 138 valence electrons. The van der Waals surface area contributed by atoms with Gasteiger partial charge in [0.15, 0.2) is 0 Å². The zero-order valence-corrected chi connectivity index (χ0v) is 15.7. The summed E-state index contributed by atoms with van der Waals surface area (Å²) in [5, 5.41) is 2.98. The Hall–Kier alpha value is -2.08. The van der Waals surface area contributed by atoms with E-state index >= 15 is 0 Å². The van der Waals surface area contributed by atoms with Crippen LogP contribution in [0.4, 0.5) is 11.4 Å². The number of ether oxygens (including phenoxy) is 1. The van der Waals surface area contributed by atoms with E-state index < -0.39 is 0 Å². The molecule has 6 heteroatoms. The Kier molecular flexibility index (Phi) is 6.82. The highest BCUT2D eigenvalue weighted by molar-refractivity contribution is 5.97. The molecule has 1 aliphatic heterocycles. The third kappa shape index (κ3) is 4.72. The summed E-state index contributed by atoms with van der Waals surface area (Å²) in [6.45, 7) is 9.63. The lowest BCUT2D eigenvalue weighted by Crippen LogP contribution is -2.31. The minimum Gasteiger partial charge on any atom is -0.383 e. The molecule has 2 rings (SSSR count). The SMILES string of the molecule is CCN(CC)c1ccc(NC(=O)C2CC(=O)N(CCOC)C2)c(C)c1. The number of anilines is 2. The number of nitrogens with one attached hydrogen (secondary N) is 1. The van der Waals surface area contributed by atoms with Gasteiger partial charge in [-0.1, -0.05) is 0 Å². The molecule has 25 heavy (non-hydrogen) atoms. The quantitative estimate of drug-likeness (QED) is 0.784. The van der Waals surface area contributed by atoms with Gasteiger partial charge >= 0.3 is 0 Å². The highest BCUT2D eigenvalue weighted by atomic mass is 16.5. The van der Waals surface area contributed by atoms with Crippen molar-refractivity contribution in [3.8, 4) is 0 Å². The minimum absolute atomic E-state index is 0.0193. The van der Waals surface area contributed by atoms with Crippen LogP contribution in [0, 0.1) is 12.8 Å². The number of carbonyl (C=O) groups excluding carboxylic acids is 2. The first kappa shape index (κ1) is 19.2. The zero-order valence-electron chi connectivity index (χ0n) is 15.7. The summed E-state index contributed by atoms with van der Waals surface area (Å²) in [5.41, 5.74) is 2.99. The molecule has 2 amide bonds. The summed E-state index contributed by atoms with van der Waals surface area (Å²) < 4.78 is 5.01. The second-order valence-electron chi connectivity index (χ2n) is 6.39. The Labute approximate surface area is 150 Å². The molecule has 0 aromatic heterocycles. The molecule has 1 heterocycles. The van der Waals surface area contributed by atoms with Crippen LogP contribution in [0.3, 0.4) is 0 Å². The van der Waals surface area contributed by atoms with Gasteiger partial charge in [-0.3, -0.25) is 9.59 Å². The molecule has 0 saturated carbocycles. The van der Waals surface area contributed by atoms with Crippen LogP contribution < -0.4 is 10.2 Å². The fraction of sp³-hybridized carbons (Fsp3) is 0.579. The van der Waals surface area contributed by atoms with Crippen molar-refractivity contribution in [2.45, 2.75) is 27.2 Å². The summed E-state index contributed by atoms with van der Waals surface area (Å²) in [6.07, 6.45) is 0.270. The average molecular weight is 347 g/mol. The van der Waals surface area contributed by atoms with Crippen LogP contribution >= 0.6 is 0 Å². The number of amides is 2. The Bertz CT molecular complexity index is 614. The van der Waals surface area contributed by atoms with E-state index in [1.807, 2.05) is 19.1 Å². The summed E-state index contributed by atoms with van der Waals surface area (Å²) in [6, 6.07) is 6.06. The van der Waals surface area contributed by atoms with E-state index in [1.54, 1.807) is 12.0 Å². The van der Waals surface area contributed by atoms with Crippen LogP contribution in [-0.4, -0.2) is 56.6 Å². The lowest BCUT2D eigenvalue weighted by atomic mass is 10.1. The van der Waals surface area contributed by atoms with Crippen molar-refractivity contribution in [1.82, 2.24) is 4.90 Å². The normalized spacial score (nSPS) is 17.0. The fourth-order valence-corrected chi connectivity index (χ4v) is 3.17. The molecular weight excluding hydrogens is 318 g/mol. The van der Waals surface area contributed by atoms with Crippen LogP contribution in [-0.2, 0) is 14.3 Å². The third-order valence-electron chi connectivity index (χ3n) is 4.75. The van der Waals surface area contributed by atoms with Crippen molar-refractivity contribution in [3.63, 3.8) is 0 Å². The molecular formula is C19H29N3O3. The summed E-state index contributed by atoms with van der Waals surface area (Å²) in [5.74, 6) is -0.371. The first-order valence-electron chi connectivity index (χ1n) is 8.93. The number of methoxy groups -OCH3 is 1. The molecule has 0 spiro atoms. The number of hydrogen-bond acceptors (Lipinski definition) is 4. The molecule has 1 fully saturated rings. The number of benzene rings is 1. The highest BCUT2D eigenvalue weighted by Gasteiger charge is 2.34. The molecule has 0 radical (unpaired) electrons. The van der Waals surface area contributed by atoms with E-state index in [9.17, 15) is 9.59 Å². The molecule has 1 aliphatic rings. The topological polar surface area (TPSA) is 61.9 Å². The number of nitrogens with zero attached hydrogens (tertiary/aromatic N) is 2. The van der Waals surface area contributed by atoms with Gasteiger partial charge in [-0.15, -0.1) is 0 Å². The fourth-order valence-electron chi connectivity index (χ4n) is 3.17. The number of likely N-dealkylation sites (tertiary alicyclic amines) is 1. The Balaban J connectivity index is 2.00.